The number of rotatable bonds is 9. The molecule has 1 aromatic heterocycles. The maximum atomic E-state index is 5.75. The highest BCUT2D eigenvalue weighted by molar-refractivity contribution is 7.12. The van der Waals surface area contributed by atoms with Crippen LogP contribution in [-0.4, -0.2) is 13.2 Å². The molecule has 0 aromatic carbocycles. The van der Waals surface area contributed by atoms with E-state index in [9.17, 15) is 0 Å². The maximum absolute atomic E-state index is 5.75. The molecule has 0 radical (unpaired) electrons. The van der Waals surface area contributed by atoms with Gasteiger partial charge in [0.05, 0.1) is 6.61 Å². The Bertz CT molecular complexity index is 333. The first-order valence-electron chi connectivity index (χ1n) is 7.00. The molecule has 0 spiro atoms. The van der Waals surface area contributed by atoms with Crippen molar-refractivity contribution in [2.24, 2.45) is 5.92 Å². The maximum Gasteiger partial charge on any atom is 0.0727 e. The second-order valence-corrected chi connectivity index (χ2v) is 6.50. The summed E-state index contributed by atoms with van der Waals surface area (Å²) in [4.78, 5) is 2.81. The molecule has 0 saturated carbocycles. The molecule has 104 valence electrons. The molecule has 1 aromatic rings. The zero-order valence-electron chi connectivity index (χ0n) is 12.2. The van der Waals surface area contributed by atoms with Crippen molar-refractivity contribution in [3.8, 4) is 0 Å². The van der Waals surface area contributed by atoms with Crippen molar-refractivity contribution in [2.75, 3.05) is 13.2 Å². The van der Waals surface area contributed by atoms with E-state index in [1.54, 1.807) is 0 Å². The molecule has 0 aliphatic rings. The zero-order valence-corrected chi connectivity index (χ0v) is 13.0. The normalized spacial score (nSPS) is 11.4. The van der Waals surface area contributed by atoms with E-state index in [2.05, 4.69) is 39.1 Å². The Morgan fingerprint density at radius 1 is 1.39 bits per heavy atom. The van der Waals surface area contributed by atoms with E-state index in [0.29, 0.717) is 0 Å². The summed E-state index contributed by atoms with van der Waals surface area (Å²) in [7, 11) is 0. The quantitative estimate of drug-likeness (QED) is 0.681. The van der Waals surface area contributed by atoms with Gasteiger partial charge in [-0.2, -0.15) is 0 Å². The van der Waals surface area contributed by atoms with Gasteiger partial charge in [-0.15, -0.1) is 11.3 Å². The van der Waals surface area contributed by atoms with Crippen LogP contribution in [-0.2, 0) is 17.9 Å². The summed E-state index contributed by atoms with van der Waals surface area (Å²) in [5, 5.41) is 3.36. The van der Waals surface area contributed by atoms with Gasteiger partial charge in [-0.3, -0.25) is 0 Å². The molecular weight excluding hydrogens is 242 g/mol. The lowest BCUT2D eigenvalue weighted by Gasteiger charge is -2.05. The van der Waals surface area contributed by atoms with E-state index >= 15 is 0 Å². The minimum Gasteiger partial charge on any atom is -0.377 e. The fraction of sp³-hybridized carbons (Fsp3) is 0.733. The Kier molecular flexibility index (Phi) is 7.56. The number of hydrogen-bond donors (Lipinski definition) is 1. The summed E-state index contributed by atoms with van der Waals surface area (Å²) in [5.74, 6) is 0.781. The molecule has 0 atom stereocenters. The molecular formula is C15H27NOS. The summed E-state index contributed by atoms with van der Waals surface area (Å²) in [5.41, 5.74) is 1.36. The number of nitrogens with one attached hydrogen (secondary N) is 1. The SMILES string of the molecule is CCNCc1cc(COCCCC(C)C)c(C)s1. The van der Waals surface area contributed by atoms with Crippen molar-refractivity contribution in [2.45, 2.75) is 53.7 Å². The van der Waals surface area contributed by atoms with Gasteiger partial charge in [0.25, 0.3) is 0 Å². The molecule has 2 nitrogen and oxygen atoms in total. The smallest absolute Gasteiger partial charge is 0.0727 e. The molecule has 0 unspecified atom stereocenters. The van der Waals surface area contributed by atoms with Crippen molar-refractivity contribution in [1.29, 1.82) is 0 Å². The predicted molar refractivity (Wildman–Crippen MR) is 80.2 cm³/mol. The van der Waals surface area contributed by atoms with Crippen LogP contribution in [0.2, 0.25) is 0 Å². The zero-order chi connectivity index (χ0) is 13.4. The molecule has 0 fully saturated rings. The van der Waals surface area contributed by atoms with E-state index < -0.39 is 0 Å². The molecule has 0 aliphatic heterocycles. The van der Waals surface area contributed by atoms with Gasteiger partial charge in [-0.05, 0) is 43.9 Å². The van der Waals surface area contributed by atoms with Gasteiger partial charge < -0.3 is 10.1 Å². The van der Waals surface area contributed by atoms with E-state index in [1.165, 1.54) is 28.2 Å². The summed E-state index contributed by atoms with van der Waals surface area (Å²) in [6, 6.07) is 2.28. The van der Waals surface area contributed by atoms with Crippen molar-refractivity contribution in [3.05, 3.63) is 21.4 Å². The summed E-state index contributed by atoms with van der Waals surface area (Å²) in [6.07, 6.45) is 2.43. The van der Waals surface area contributed by atoms with E-state index in [-0.39, 0.29) is 0 Å². The van der Waals surface area contributed by atoms with E-state index in [4.69, 9.17) is 4.74 Å². The largest absolute Gasteiger partial charge is 0.377 e. The second kappa shape index (κ2) is 8.68. The van der Waals surface area contributed by atoms with Crippen LogP contribution in [0.1, 0.15) is 48.9 Å². The predicted octanol–water partition coefficient (Wildman–Crippen LogP) is 4.12. The van der Waals surface area contributed by atoms with Crippen molar-refractivity contribution >= 4 is 11.3 Å². The van der Waals surface area contributed by atoms with Gasteiger partial charge in [-0.1, -0.05) is 20.8 Å². The standard InChI is InChI=1S/C15H27NOS/c1-5-16-10-15-9-14(13(4)18-15)11-17-8-6-7-12(2)3/h9,12,16H,5-8,10-11H2,1-4H3. The van der Waals surface area contributed by atoms with Crippen molar-refractivity contribution < 1.29 is 4.74 Å². The lowest BCUT2D eigenvalue weighted by Crippen LogP contribution is -2.10. The molecule has 1 heterocycles. The van der Waals surface area contributed by atoms with Crippen LogP contribution in [0.15, 0.2) is 6.07 Å². The minimum absolute atomic E-state index is 0.770. The van der Waals surface area contributed by atoms with Gasteiger partial charge in [0.2, 0.25) is 0 Å². The number of thiophene rings is 1. The van der Waals surface area contributed by atoms with Gasteiger partial charge in [0.15, 0.2) is 0 Å². The minimum atomic E-state index is 0.770. The molecule has 18 heavy (non-hydrogen) atoms. The van der Waals surface area contributed by atoms with Crippen LogP contribution in [0.4, 0.5) is 0 Å². The van der Waals surface area contributed by atoms with E-state index in [1.807, 2.05) is 11.3 Å². The van der Waals surface area contributed by atoms with Gasteiger partial charge in [-0.25, -0.2) is 0 Å². The Morgan fingerprint density at radius 3 is 2.83 bits per heavy atom. The third-order valence-electron chi connectivity index (χ3n) is 2.95. The Morgan fingerprint density at radius 2 is 2.17 bits per heavy atom. The Hall–Kier alpha value is -0.380. The average Bonchev–Trinajstić information content (AvgIpc) is 2.67. The highest BCUT2D eigenvalue weighted by Gasteiger charge is 2.05. The van der Waals surface area contributed by atoms with E-state index in [0.717, 1.165) is 32.2 Å². The lowest BCUT2D eigenvalue weighted by molar-refractivity contribution is 0.115. The van der Waals surface area contributed by atoms with Crippen LogP contribution in [0, 0.1) is 12.8 Å². The molecule has 0 bridgehead atoms. The van der Waals surface area contributed by atoms with Crippen LogP contribution in [0.5, 0.6) is 0 Å². The number of hydrogen-bond acceptors (Lipinski definition) is 3. The molecule has 3 heteroatoms. The average molecular weight is 269 g/mol. The monoisotopic (exact) mass is 269 g/mol. The first-order valence-corrected chi connectivity index (χ1v) is 7.81. The second-order valence-electron chi connectivity index (χ2n) is 5.16. The molecule has 1 N–H and O–H groups in total. The Labute approximate surface area is 116 Å². The first kappa shape index (κ1) is 15.7. The summed E-state index contributed by atoms with van der Waals surface area (Å²) < 4.78 is 5.75. The third-order valence-corrected chi connectivity index (χ3v) is 4.04. The highest BCUT2D eigenvalue weighted by Crippen LogP contribution is 2.22. The van der Waals surface area contributed by atoms with Gasteiger partial charge in [0, 0.05) is 22.9 Å². The van der Waals surface area contributed by atoms with Crippen LogP contribution in [0.3, 0.4) is 0 Å². The molecule has 0 saturated heterocycles. The van der Waals surface area contributed by atoms with Gasteiger partial charge in [0.1, 0.15) is 0 Å². The summed E-state index contributed by atoms with van der Waals surface area (Å²) >= 11 is 1.88. The highest BCUT2D eigenvalue weighted by atomic mass is 32.1. The third kappa shape index (κ3) is 5.98. The van der Waals surface area contributed by atoms with Crippen molar-refractivity contribution in [1.82, 2.24) is 5.32 Å². The fourth-order valence-corrected chi connectivity index (χ4v) is 2.86. The molecule has 1 rings (SSSR count). The van der Waals surface area contributed by atoms with Gasteiger partial charge >= 0.3 is 0 Å². The summed E-state index contributed by atoms with van der Waals surface area (Å²) in [6.45, 7) is 12.5. The Balaban J connectivity index is 2.26. The van der Waals surface area contributed by atoms with Crippen LogP contribution in [0.25, 0.3) is 0 Å². The van der Waals surface area contributed by atoms with Crippen molar-refractivity contribution in [3.63, 3.8) is 0 Å². The fourth-order valence-electron chi connectivity index (χ4n) is 1.84. The first-order chi connectivity index (χ1) is 8.63. The topological polar surface area (TPSA) is 21.3 Å². The molecule has 0 amide bonds. The lowest BCUT2D eigenvalue weighted by atomic mass is 10.1. The number of aryl methyl sites for hydroxylation is 1. The molecule has 0 aliphatic carbocycles. The van der Waals surface area contributed by atoms with Crippen LogP contribution < -0.4 is 5.32 Å². The van der Waals surface area contributed by atoms with Crippen LogP contribution >= 0.6 is 11.3 Å². The number of ether oxygens (including phenoxy) is 1.